The van der Waals surface area contributed by atoms with Crippen LogP contribution in [0.4, 0.5) is 0 Å². The van der Waals surface area contributed by atoms with Gasteiger partial charge in [0.05, 0.1) is 5.71 Å². The number of allylic oxidation sites excluding steroid dienone is 6. The van der Waals surface area contributed by atoms with Crippen LogP contribution < -0.4 is 0 Å². The Morgan fingerprint density at radius 3 is 2.38 bits per heavy atom. The molecule has 1 atom stereocenters. The summed E-state index contributed by atoms with van der Waals surface area (Å²) in [6.45, 7) is 13.6. The lowest BCUT2D eigenvalue weighted by Crippen LogP contribution is -2.09. The number of hydrogen-bond donors (Lipinski definition) is 0. The Bertz CT molecular complexity index is 799. The van der Waals surface area contributed by atoms with Gasteiger partial charge in [-0.05, 0) is 68.4 Å². The molecule has 2 aliphatic rings. The lowest BCUT2D eigenvalue weighted by Gasteiger charge is -2.21. The van der Waals surface area contributed by atoms with Crippen LogP contribution in [0.15, 0.2) is 57.3 Å². The van der Waals surface area contributed by atoms with Gasteiger partial charge >= 0.3 is 0 Å². The van der Waals surface area contributed by atoms with Crippen molar-refractivity contribution in [3.8, 4) is 0 Å². The Morgan fingerprint density at radius 2 is 1.83 bits per heavy atom. The third-order valence-corrected chi connectivity index (χ3v) is 5.91. The van der Waals surface area contributed by atoms with Crippen LogP contribution >= 0.6 is 0 Å². The van der Waals surface area contributed by atoms with Crippen molar-refractivity contribution in [2.75, 3.05) is 0 Å². The molecule has 1 aliphatic carbocycles. The molecular formula is C23H29N. The van der Waals surface area contributed by atoms with Crippen LogP contribution in [0.5, 0.6) is 0 Å². The fourth-order valence-corrected chi connectivity index (χ4v) is 4.17. The average molecular weight is 319 g/mol. The molecule has 0 N–H and O–H groups in total. The molecule has 0 spiro atoms. The molecule has 1 aromatic rings. The molecule has 0 aromatic heterocycles. The second-order valence-corrected chi connectivity index (χ2v) is 7.29. The molecule has 0 radical (unpaired) electrons. The van der Waals surface area contributed by atoms with Crippen LogP contribution in [0.2, 0.25) is 0 Å². The zero-order valence-corrected chi connectivity index (χ0v) is 16.0. The molecule has 3 rings (SSSR count). The molecule has 1 nitrogen and oxygen atoms in total. The van der Waals surface area contributed by atoms with Gasteiger partial charge in [0, 0.05) is 18.0 Å². The first-order chi connectivity index (χ1) is 11.4. The molecule has 0 saturated heterocycles. The average Bonchev–Trinajstić information content (AvgIpc) is 3.12. The van der Waals surface area contributed by atoms with Crippen molar-refractivity contribution in [3.05, 3.63) is 69.0 Å². The van der Waals surface area contributed by atoms with Gasteiger partial charge in [-0.25, -0.2) is 0 Å². The normalized spacial score (nSPS) is 19.1. The summed E-state index contributed by atoms with van der Waals surface area (Å²) in [4.78, 5) is 4.76. The monoisotopic (exact) mass is 319 g/mol. The van der Waals surface area contributed by atoms with Crippen LogP contribution in [-0.2, 0) is 6.42 Å². The first-order valence-electron chi connectivity index (χ1n) is 9.16. The van der Waals surface area contributed by atoms with E-state index in [1.807, 2.05) is 0 Å². The number of rotatable bonds is 4. The lowest BCUT2D eigenvalue weighted by molar-refractivity contribution is 0.832. The van der Waals surface area contributed by atoms with Crippen LogP contribution in [-0.4, -0.2) is 5.71 Å². The van der Waals surface area contributed by atoms with Crippen molar-refractivity contribution in [2.24, 2.45) is 4.99 Å². The maximum atomic E-state index is 4.76. The van der Waals surface area contributed by atoms with Gasteiger partial charge < -0.3 is 0 Å². The highest BCUT2D eigenvalue weighted by molar-refractivity contribution is 6.04. The molecule has 0 fully saturated rings. The molecule has 0 bridgehead atoms. The van der Waals surface area contributed by atoms with Crippen LogP contribution in [0.25, 0.3) is 0 Å². The second-order valence-electron chi connectivity index (χ2n) is 7.29. The molecule has 1 unspecified atom stereocenters. The number of benzene rings is 1. The van der Waals surface area contributed by atoms with E-state index in [0.29, 0.717) is 5.92 Å². The minimum atomic E-state index is 0.475. The maximum absolute atomic E-state index is 4.76. The quantitative estimate of drug-likeness (QED) is 0.600. The summed E-state index contributed by atoms with van der Waals surface area (Å²) in [6, 6.07) is 6.80. The van der Waals surface area contributed by atoms with Crippen molar-refractivity contribution in [3.63, 3.8) is 0 Å². The molecule has 0 saturated carbocycles. The molecule has 126 valence electrons. The minimum absolute atomic E-state index is 0.475. The van der Waals surface area contributed by atoms with Crippen LogP contribution in [0.3, 0.4) is 0 Å². The standard InChI is InChI=1S/C23H29N/c1-7-19-20(18(6)22-13-14(2)16(4)17(22)5)9-8-10-21(19)23-12-11-15(3)24-23/h8-11,18H,7,12-13H2,1-6H3. The van der Waals surface area contributed by atoms with Gasteiger partial charge in [-0.3, -0.25) is 4.99 Å². The van der Waals surface area contributed by atoms with E-state index in [-0.39, 0.29) is 0 Å². The third-order valence-electron chi connectivity index (χ3n) is 5.91. The van der Waals surface area contributed by atoms with E-state index in [2.05, 4.69) is 65.8 Å². The van der Waals surface area contributed by atoms with Gasteiger partial charge in [-0.1, -0.05) is 49.3 Å². The summed E-state index contributed by atoms with van der Waals surface area (Å²) < 4.78 is 0. The van der Waals surface area contributed by atoms with Crippen LogP contribution in [0, 0.1) is 0 Å². The fourth-order valence-electron chi connectivity index (χ4n) is 4.17. The summed E-state index contributed by atoms with van der Waals surface area (Å²) in [5.41, 5.74) is 12.8. The predicted molar refractivity (Wildman–Crippen MR) is 105 cm³/mol. The van der Waals surface area contributed by atoms with E-state index in [0.717, 1.165) is 25.0 Å². The molecular weight excluding hydrogens is 290 g/mol. The Balaban J connectivity index is 2.02. The first-order valence-corrected chi connectivity index (χ1v) is 9.16. The van der Waals surface area contributed by atoms with Crippen molar-refractivity contribution in [2.45, 2.75) is 66.7 Å². The van der Waals surface area contributed by atoms with E-state index in [1.54, 1.807) is 5.57 Å². The Hall–Kier alpha value is -1.89. The molecule has 24 heavy (non-hydrogen) atoms. The zero-order valence-electron chi connectivity index (χ0n) is 16.0. The van der Waals surface area contributed by atoms with E-state index in [4.69, 9.17) is 4.99 Å². The van der Waals surface area contributed by atoms with E-state index < -0.39 is 0 Å². The molecule has 1 aromatic carbocycles. The Morgan fingerprint density at radius 1 is 1.08 bits per heavy atom. The first kappa shape index (κ1) is 17.0. The minimum Gasteiger partial charge on any atom is -0.258 e. The number of aliphatic imine (C=N–C) groups is 1. The highest BCUT2D eigenvalue weighted by Gasteiger charge is 2.24. The molecule has 1 heteroatoms. The smallest absolute Gasteiger partial charge is 0.0520 e. The summed E-state index contributed by atoms with van der Waals surface area (Å²) in [5, 5.41) is 0. The molecule has 0 amide bonds. The highest BCUT2D eigenvalue weighted by atomic mass is 14.8. The van der Waals surface area contributed by atoms with E-state index in [1.165, 1.54) is 39.1 Å². The summed E-state index contributed by atoms with van der Waals surface area (Å²) >= 11 is 0. The van der Waals surface area contributed by atoms with Gasteiger partial charge in [0.2, 0.25) is 0 Å². The Kier molecular flexibility index (Phi) is 4.62. The van der Waals surface area contributed by atoms with Gasteiger partial charge in [-0.2, -0.15) is 0 Å². The lowest BCUT2D eigenvalue weighted by atomic mass is 9.83. The SMILES string of the molecule is CCc1c(C2=NC(C)=CC2)cccc1C(C)C1=C(C)C(C)=C(C)C1. The largest absolute Gasteiger partial charge is 0.258 e. The highest BCUT2D eigenvalue weighted by Crippen LogP contribution is 2.41. The topological polar surface area (TPSA) is 12.4 Å². The van der Waals surface area contributed by atoms with Gasteiger partial charge in [0.15, 0.2) is 0 Å². The van der Waals surface area contributed by atoms with Crippen molar-refractivity contribution in [1.82, 2.24) is 0 Å². The number of nitrogens with zero attached hydrogens (tertiary/aromatic N) is 1. The fraction of sp³-hybridized carbons (Fsp3) is 0.435. The molecule has 1 heterocycles. The maximum Gasteiger partial charge on any atom is 0.0520 e. The van der Waals surface area contributed by atoms with Crippen LogP contribution in [0.1, 0.15) is 77.0 Å². The van der Waals surface area contributed by atoms with Crippen molar-refractivity contribution >= 4 is 5.71 Å². The third kappa shape index (κ3) is 2.81. The van der Waals surface area contributed by atoms with Crippen molar-refractivity contribution in [1.29, 1.82) is 0 Å². The number of hydrogen-bond acceptors (Lipinski definition) is 1. The summed E-state index contributed by atoms with van der Waals surface area (Å²) in [6.07, 6.45) is 5.39. The van der Waals surface area contributed by atoms with Gasteiger partial charge in [-0.15, -0.1) is 0 Å². The summed E-state index contributed by atoms with van der Waals surface area (Å²) in [7, 11) is 0. The van der Waals surface area contributed by atoms with E-state index in [9.17, 15) is 0 Å². The molecule has 1 aliphatic heterocycles. The van der Waals surface area contributed by atoms with E-state index >= 15 is 0 Å². The van der Waals surface area contributed by atoms with Gasteiger partial charge in [0.1, 0.15) is 0 Å². The second kappa shape index (κ2) is 6.55. The van der Waals surface area contributed by atoms with Gasteiger partial charge in [0.25, 0.3) is 0 Å². The van der Waals surface area contributed by atoms with Crippen molar-refractivity contribution < 1.29 is 0 Å². The predicted octanol–water partition coefficient (Wildman–Crippen LogP) is 6.51. The Labute approximate surface area is 146 Å². The summed E-state index contributed by atoms with van der Waals surface area (Å²) in [5.74, 6) is 0.475. The zero-order chi connectivity index (χ0) is 17.4.